The molecule has 4 rings (SSSR count). The minimum atomic E-state index is -0.246. The highest BCUT2D eigenvalue weighted by molar-refractivity contribution is 6.04. The highest BCUT2D eigenvalue weighted by Gasteiger charge is 2.26. The Labute approximate surface area is 157 Å². The molecule has 1 amide bonds. The predicted molar refractivity (Wildman–Crippen MR) is 104 cm³/mol. The van der Waals surface area contributed by atoms with Gasteiger partial charge in [0.1, 0.15) is 17.8 Å². The maximum atomic E-state index is 13.1. The summed E-state index contributed by atoms with van der Waals surface area (Å²) in [6, 6.07) is 1.93. The number of hydrogen-bond donors (Lipinski definition) is 0. The van der Waals surface area contributed by atoms with E-state index in [9.17, 15) is 9.59 Å². The zero-order valence-electron chi connectivity index (χ0n) is 16.4. The number of nitrogens with zero attached hydrogens (tertiary/aromatic N) is 4. The Hall–Kier alpha value is -2.57. The number of carbonyl (C=O) groups excluding carboxylic acids is 1. The van der Waals surface area contributed by atoms with Crippen LogP contribution in [0.2, 0.25) is 0 Å². The molecule has 27 heavy (non-hydrogen) atoms. The van der Waals surface area contributed by atoms with Gasteiger partial charge in [-0.25, -0.2) is 4.68 Å². The molecule has 0 radical (unpaired) electrons. The summed E-state index contributed by atoms with van der Waals surface area (Å²) >= 11 is 0. The van der Waals surface area contributed by atoms with Gasteiger partial charge in [-0.15, -0.1) is 0 Å². The van der Waals surface area contributed by atoms with Crippen LogP contribution in [-0.2, 0) is 17.9 Å². The third kappa shape index (κ3) is 2.95. The lowest BCUT2D eigenvalue weighted by Gasteiger charge is -2.35. The Morgan fingerprint density at radius 2 is 2.00 bits per heavy atom. The molecule has 1 aliphatic rings. The Morgan fingerprint density at radius 3 is 2.67 bits per heavy atom. The molecule has 0 bridgehead atoms. The first-order chi connectivity index (χ1) is 12.9. The van der Waals surface area contributed by atoms with Crippen molar-refractivity contribution in [1.29, 1.82) is 0 Å². The molecule has 0 saturated carbocycles. The average molecular weight is 370 g/mol. The van der Waals surface area contributed by atoms with Crippen LogP contribution in [-0.4, -0.2) is 38.2 Å². The molecule has 0 aliphatic carbocycles. The van der Waals surface area contributed by atoms with Gasteiger partial charge < -0.3 is 13.9 Å². The maximum absolute atomic E-state index is 13.1. The van der Waals surface area contributed by atoms with Crippen LogP contribution in [0.15, 0.2) is 21.5 Å². The Morgan fingerprint density at radius 1 is 1.30 bits per heavy atom. The van der Waals surface area contributed by atoms with Crippen molar-refractivity contribution < 1.29 is 9.21 Å². The zero-order chi connectivity index (χ0) is 19.3. The molecule has 7 nitrogen and oxygen atoms in total. The number of rotatable bonds is 3. The van der Waals surface area contributed by atoms with Gasteiger partial charge in [-0.3, -0.25) is 9.59 Å². The first kappa shape index (κ1) is 17.8. The molecule has 0 N–H and O–H groups in total. The van der Waals surface area contributed by atoms with Crippen LogP contribution in [0.3, 0.4) is 0 Å². The first-order valence-corrected chi connectivity index (χ1v) is 9.65. The van der Waals surface area contributed by atoms with Crippen LogP contribution in [0.25, 0.3) is 22.0 Å². The summed E-state index contributed by atoms with van der Waals surface area (Å²) in [6.07, 6.45) is 2.78. The van der Waals surface area contributed by atoms with E-state index in [1.165, 1.54) is 4.68 Å². The van der Waals surface area contributed by atoms with Gasteiger partial charge in [-0.1, -0.05) is 13.8 Å². The third-order valence-electron chi connectivity index (χ3n) is 5.48. The van der Waals surface area contributed by atoms with E-state index in [-0.39, 0.29) is 18.0 Å². The number of likely N-dealkylation sites (tertiary alicyclic amines) is 1. The van der Waals surface area contributed by atoms with Crippen molar-refractivity contribution in [2.45, 2.75) is 47.2 Å². The van der Waals surface area contributed by atoms with Gasteiger partial charge in [-0.05, 0) is 32.1 Å². The van der Waals surface area contributed by atoms with E-state index in [0.717, 1.165) is 30.8 Å². The molecule has 0 spiro atoms. The van der Waals surface area contributed by atoms with Gasteiger partial charge in [0.05, 0.1) is 17.1 Å². The van der Waals surface area contributed by atoms with Crippen LogP contribution in [0, 0.1) is 18.8 Å². The van der Waals surface area contributed by atoms with Crippen molar-refractivity contribution in [3.63, 3.8) is 0 Å². The lowest BCUT2D eigenvalue weighted by molar-refractivity contribution is -0.134. The predicted octanol–water partition coefficient (Wildman–Crippen LogP) is 2.78. The number of furan rings is 1. The molecular weight excluding hydrogens is 344 g/mol. The van der Waals surface area contributed by atoms with Gasteiger partial charge in [0.15, 0.2) is 5.58 Å². The summed E-state index contributed by atoms with van der Waals surface area (Å²) in [5, 5.41) is 4.97. The topological polar surface area (TPSA) is 73.3 Å². The summed E-state index contributed by atoms with van der Waals surface area (Å²) in [5.74, 6) is 1.72. The number of hydrogen-bond acceptors (Lipinski definition) is 4. The monoisotopic (exact) mass is 370 g/mol. The van der Waals surface area contributed by atoms with Gasteiger partial charge in [0.25, 0.3) is 5.56 Å². The van der Waals surface area contributed by atoms with E-state index in [1.54, 1.807) is 6.20 Å². The number of fused-ring (bicyclic) bond motifs is 3. The molecule has 3 aromatic rings. The van der Waals surface area contributed by atoms with E-state index < -0.39 is 0 Å². The smallest absolute Gasteiger partial charge is 0.291 e. The van der Waals surface area contributed by atoms with Crippen molar-refractivity contribution in [2.75, 3.05) is 13.1 Å². The van der Waals surface area contributed by atoms with Crippen molar-refractivity contribution in [1.82, 2.24) is 19.2 Å². The van der Waals surface area contributed by atoms with Crippen LogP contribution in [0.1, 0.15) is 33.0 Å². The molecule has 3 aromatic heterocycles. The summed E-state index contributed by atoms with van der Waals surface area (Å²) in [5.41, 5.74) is 1.89. The SMILES string of the molecule is CCn1c2cc(C)oc2c2cnn(CC(=O)N3C[C@H](C)C[C@@H](C)C3)c(=O)c21. The van der Waals surface area contributed by atoms with E-state index in [1.807, 2.05) is 29.4 Å². The third-order valence-corrected chi connectivity index (χ3v) is 5.48. The van der Waals surface area contributed by atoms with Crippen LogP contribution >= 0.6 is 0 Å². The number of carbonyl (C=O) groups is 1. The molecule has 4 heterocycles. The highest BCUT2D eigenvalue weighted by Crippen LogP contribution is 2.29. The van der Waals surface area contributed by atoms with Crippen LogP contribution < -0.4 is 5.56 Å². The molecule has 0 aromatic carbocycles. The van der Waals surface area contributed by atoms with Crippen molar-refractivity contribution in [3.8, 4) is 0 Å². The summed E-state index contributed by atoms with van der Waals surface area (Å²) < 4.78 is 9.00. The molecule has 2 atom stereocenters. The fourth-order valence-corrected chi connectivity index (χ4v) is 4.46. The molecule has 1 aliphatic heterocycles. The van der Waals surface area contributed by atoms with Gasteiger partial charge in [0.2, 0.25) is 5.91 Å². The summed E-state index contributed by atoms with van der Waals surface area (Å²) in [7, 11) is 0. The second kappa shape index (κ2) is 6.55. The second-order valence-electron chi connectivity index (χ2n) is 7.93. The quantitative estimate of drug-likeness (QED) is 0.711. The fraction of sp³-hybridized carbons (Fsp3) is 0.550. The van der Waals surface area contributed by atoms with Gasteiger partial charge in [0, 0.05) is 25.7 Å². The zero-order valence-corrected chi connectivity index (χ0v) is 16.4. The normalized spacial score (nSPS) is 20.7. The second-order valence-corrected chi connectivity index (χ2v) is 7.93. The maximum Gasteiger partial charge on any atom is 0.291 e. The summed E-state index contributed by atoms with van der Waals surface area (Å²) in [6.45, 7) is 10.3. The number of amides is 1. The van der Waals surface area contributed by atoms with E-state index in [2.05, 4.69) is 18.9 Å². The minimum Gasteiger partial charge on any atom is -0.459 e. The number of aryl methyl sites for hydroxylation is 2. The van der Waals surface area contributed by atoms with E-state index in [4.69, 9.17) is 4.42 Å². The highest BCUT2D eigenvalue weighted by atomic mass is 16.3. The standard InChI is InChI=1S/C20H26N4O3/c1-5-23-16-7-14(4)27-19(16)15-8-21-24(20(26)18(15)23)11-17(25)22-9-12(2)6-13(3)10-22/h7-8,12-13H,5-6,9-11H2,1-4H3/t12-,13-/m1/s1. The molecule has 7 heteroatoms. The minimum absolute atomic E-state index is 0.0243. The van der Waals surface area contributed by atoms with Crippen LogP contribution in [0.5, 0.6) is 0 Å². The lowest BCUT2D eigenvalue weighted by Crippen LogP contribution is -2.45. The Balaban J connectivity index is 1.72. The average Bonchev–Trinajstić information content (AvgIpc) is 3.11. The van der Waals surface area contributed by atoms with Crippen molar-refractivity contribution in [3.05, 3.63) is 28.4 Å². The van der Waals surface area contributed by atoms with Crippen LogP contribution in [0.4, 0.5) is 0 Å². The summed E-state index contributed by atoms with van der Waals surface area (Å²) in [4.78, 5) is 27.7. The molecule has 1 fully saturated rings. The fourth-order valence-electron chi connectivity index (χ4n) is 4.46. The van der Waals surface area contributed by atoms with E-state index in [0.29, 0.717) is 34.9 Å². The number of aromatic nitrogens is 3. The largest absolute Gasteiger partial charge is 0.459 e. The van der Waals surface area contributed by atoms with E-state index >= 15 is 0 Å². The van der Waals surface area contributed by atoms with Crippen molar-refractivity contribution in [2.24, 2.45) is 11.8 Å². The molecule has 144 valence electrons. The lowest BCUT2D eigenvalue weighted by atomic mass is 9.92. The van der Waals surface area contributed by atoms with Gasteiger partial charge >= 0.3 is 0 Å². The molecule has 0 unspecified atom stereocenters. The number of piperidine rings is 1. The molecule has 1 saturated heterocycles. The first-order valence-electron chi connectivity index (χ1n) is 9.65. The molecular formula is C20H26N4O3. The Bertz CT molecular complexity index is 1060. The Kier molecular flexibility index (Phi) is 4.32. The van der Waals surface area contributed by atoms with Crippen molar-refractivity contribution >= 4 is 27.9 Å². The van der Waals surface area contributed by atoms with Gasteiger partial charge in [-0.2, -0.15) is 5.10 Å².